The molecule has 0 fully saturated rings. The molecule has 2 N–H and O–H groups in total. The maximum atomic E-state index is 10.8. The first-order chi connectivity index (χ1) is 5.77. The zero-order valence-electron chi connectivity index (χ0n) is 6.41. The van der Waals surface area contributed by atoms with Crippen molar-refractivity contribution in [2.24, 2.45) is 5.73 Å². The fourth-order valence-corrected chi connectivity index (χ4v) is 2.23. The van der Waals surface area contributed by atoms with Crippen molar-refractivity contribution in [1.29, 1.82) is 0 Å². The number of aromatic nitrogens is 1. The smallest absolute Gasteiger partial charge is 0.250 e. The summed E-state index contributed by atoms with van der Waals surface area (Å²) in [5, 5.41) is 0. The minimum absolute atomic E-state index is 0.405. The van der Waals surface area contributed by atoms with Gasteiger partial charge in [-0.15, -0.1) is 11.8 Å². The van der Waals surface area contributed by atoms with Gasteiger partial charge < -0.3 is 5.73 Å². The van der Waals surface area contributed by atoms with Crippen LogP contribution in [0.3, 0.4) is 0 Å². The molecule has 0 spiro atoms. The third-order valence-electron chi connectivity index (χ3n) is 1.81. The van der Waals surface area contributed by atoms with Gasteiger partial charge in [0.1, 0.15) is 0 Å². The molecule has 4 heteroatoms. The summed E-state index contributed by atoms with van der Waals surface area (Å²) in [5.41, 5.74) is 6.71. The number of primary amides is 1. The van der Waals surface area contributed by atoms with Crippen molar-refractivity contribution in [3.8, 4) is 0 Å². The van der Waals surface area contributed by atoms with Gasteiger partial charge in [0.2, 0.25) is 5.91 Å². The van der Waals surface area contributed by atoms with Crippen molar-refractivity contribution < 1.29 is 4.79 Å². The predicted molar refractivity (Wildman–Crippen MR) is 47.2 cm³/mol. The van der Waals surface area contributed by atoms with Gasteiger partial charge in [-0.25, -0.2) is 0 Å². The molecule has 1 amide bonds. The Bertz CT molecular complexity index is 338. The highest BCUT2D eigenvalue weighted by molar-refractivity contribution is 7.99. The van der Waals surface area contributed by atoms with E-state index in [1.54, 1.807) is 18.0 Å². The highest BCUT2D eigenvalue weighted by Gasteiger charge is 2.14. The average molecular weight is 180 g/mol. The number of carbonyl (C=O) groups is 1. The van der Waals surface area contributed by atoms with Crippen LogP contribution in [0.1, 0.15) is 16.1 Å². The van der Waals surface area contributed by atoms with E-state index in [-0.39, 0.29) is 0 Å². The first kappa shape index (κ1) is 7.61. The second-order valence-electron chi connectivity index (χ2n) is 2.63. The van der Waals surface area contributed by atoms with E-state index in [9.17, 15) is 4.79 Å². The van der Waals surface area contributed by atoms with Crippen LogP contribution in [0, 0.1) is 0 Å². The van der Waals surface area contributed by atoms with Gasteiger partial charge in [0.15, 0.2) is 0 Å². The largest absolute Gasteiger partial charge is 0.366 e. The number of hydrogen-bond donors (Lipinski definition) is 1. The molecule has 0 saturated carbocycles. The number of rotatable bonds is 1. The van der Waals surface area contributed by atoms with Crippen LogP contribution in [0.2, 0.25) is 0 Å². The molecule has 0 aromatic carbocycles. The summed E-state index contributed by atoms with van der Waals surface area (Å²) in [7, 11) is 0. The highest BCUT2D eigenvalue weighted by Crippen LogP contribution is 2.29. The molecule has 2 heterocycles. The van der Waals surface area contributed by atoms with E-state index in [2.05, 4.69) is 4.98 Å². The van der Waals surface area contributed by atoms with Crippen LogP contribution in [0.4, 0.5) is 0 Å². The Balaban J connectivity index is 2.45. The molecule has 3 nitrogen and oxygen atoms in total. The monoisotopic (exact) mass is 180 g/mol. The van der Waals surface area contributed by atoms with Crippen molar-refractivity contribution >= 4 is 17.7 Å². The number of thioether (sulfide) groups is 1. The summed E-state index contributed by atoms with van der Waals surface area (Å²) < 4.78 is 0. The average Bonchev–Trinajstić information content (AvgIpc) is 2.49. The number of amides is 1. The van der Waals surface area contributed by atoms with E-state index in [4.69, 9.17) is 5.73 Å². The minimum atomic E-state index is -0.405. The maximum Gasteiger partial charge on any atom is 0.250 e. The zero-order valence-corrected chi connectivity index (χ0v) is 7.23. The van der Waals surface area contributed by atoms with Crippen molar-refractivity contribution in [3.63, 3.8) is 0 Å². The number of carbonyl (C=O) groups excluding carboxylic acids is 1. The van der Waals surface area contributed by atoms with Crippen LogP contribution >= 0.6 is 11.8 Å². The van der Waals surface area contributed by atoms with Crippen molar-refractivity contribution in [1.82, 2.24) is 4.98 Å². The Kier molecular flexibility index (Phi) is 1.77. The normalized spacial score (nSPS) is 14.3. The summed E-state index contributed by atoms with van der Waals surface area (Å²) in [4.78, 5) is 16.0. The van der Waals surface area contributed by atoms with E-state index in [0.29, 0.717) is 5.56 Å². The minimum Gasteiger partial charge on any atom is -0.366 e. The van der Waals surface area contributed by atoms with E-state index in [0.717, 1.165) is 22.8 Å². The van der Waals surface area contributed by atoms with Crippen LogP contribution in [-0.2, 0) is 6.42 Å². The molecule has 62 valence electrons. The Morgan fingerprint density at radius 1 is 1.67 bits per heavy atom. The number of nitrogens with two attached hydrogens (primary N) is 1. The summed E-state index contributed by atoms with van der Waals surface area (Å²) in [6.45, 7) is 0. The lowest BCUT2D eigenvalue weighted by molar-refractivity contribution is 0.0999. The molecular formula is C8H8N2OS. The van der Waals surface area contributed by atoms with Crippen LogP contribution in [-0.4, -0.2) is 16.6 Å². The van der Waals surface area contributed by atoms with Gasteiger partial charge in [0.05, 0.1) is 11.3 Å². The van der Waals surface area contributed by atoms with E-state index in [1.807, 2.05) is 6.07 Å². The zero-order chi connectivity index (χ0) is 8.55. The lowest BCUT2D eigenvalue weighted by Gasteiger charge is -1.98. The van der Waals surface area contributed by atoms with Gasteiger partial charge in [-0.1, -0.05) is 0 Å². The number of hydrogen-bond acceptors (Lipinski definition) is 3. The molecule has 1 aliphatic rings. The van der Waals surface area contributed by atoms with Gasteiger partial charge in [-0.05, 0) is 6.07 Å². The van der Waals surface area contributed by atoms with Crippen molar-refractivity contribution in [3.05, 3.63) is 23.5 Å². The first-order valence-electron chi connectivity index (χ1n) is 3.69. The highest BCUT2D eigenvalue weighted by atomic mass is 32.2. The molecule has 0 bridgehead atoms. The van der Waals surface area contributed by atoms with Crippen LogP contribution in [0.25, 0.3) is 0 Å². The maximum absolute atomic E-state index is 10.8. The lowest BCUT2D eigenvalue weighted by atomic mass is 10.2. The van der Waals surface area contributed by atoms with Gasteiger partial charge in [0, 0.05) is 23.3 Å². The van der Waals surface area contributed by atoms with Gasteiger partial charge >= 0.3 is 0 Å². The first-order valence-corrected chi connectivity index (χ1v) is 4.67. The van der Waals surface area contributed by atoms with E-state index < -0.39 is 5.91 Å². The Hall–Kier alpha value is -1.03. The molecule has 0 saturated heterocycles. The molecule has 1 aliphatic heterocycles. The standard InChI is InChI=1S/C8H8N2OS/c9-8(11)5-3-7-6(10-4-5)1-2-12-7/h3-4H,1-2H2,(H2,9,11). The summed E-state index contributed by atoms with van der Waals surface area (Å²) in [5.74, 6) is 0.655. The molecule has 2 rings (SSSR count). The number of fused-ring (bicyclic) bond motifs is 1. The molecule has 12 heavy (non-hydrogen) atoms. The molecule has 0 atom stereocenters. The van der Waals surface area contributed by atoms with E-state index in [1.165, 1.54) is 0 Å². The molecule has 1 aromatic heterocycles. The Morgan fingerprint density at radius 3 is 3.25 bits per heavy atom. The van der Waals surface area contributed by atoms with Crippen LogP contribution in [0.15, 0.2) is 17.2 Å². The van der Waals surface area contributed by atoms with Crippen LogP contribution < -0.4 is 5.73 Å². The number of nitrogens with zero attached hydrogens (tertiary/aromatic N) is 1. The number of pyridine rings is 1. The summed E-state index contributed by atoms with van der Waals surface area (Å²) in [6.07, 6.45) is 2.55. The molecular weight excluding hydrogens is 172 g/mol. The topological polar surface area (TPSA) is 56.0 Å². The quantitative estimate of drug-likeness (QED) is 0.696. The van der Waals surface area contributed by atoms with Gasteiger partial charge in [-0.2, -0.15) is 0 Å². The fraction of sp³-hybridized carbons (Fsp3) is 0.250. The Morgan fingerprint density at radius 2 is 2.50 bits per heavy atom. The van der Waals surface area contributed by atoms with Gasteiger partial charge in [-0.3, -0.25) is 9.78 Å². The second-order valence-corrected chi connectivity index (χ2v) is 3.77. The Labute approximate surface area is 74.4 Å². The molecule has 0 unspecified atom stereocenters. The number of aryl methyl sites for hydroxylation is 1. The molecule has 0 aliphatic carbocycles. The molecule has 0 radical (unpaired) electrons. The predicted octanol–water partition coefficient (Wildman–Crippen LogP) is 0.829. The van der Waals surface area contributed by atoms with Crippen LogP contribution in [0.5, 0.6) is 0 Å². The summed E-state index contributed by atoms with van der Waals surface area (Å²) in [6, 6.07) is 1.82. The fourth-order valence-electron chi connectivity index (χ4n) is 1.18. The lowest BCUT2D eigenvalue weighted by Crippen LogP contribution is -2.11. The van der Waals surface area contributed by atoms with Crippen molar-refractivity contribution in [2.75, 3.05) is 5.75 Å². The van der Waals surface area contributed by atoms with Gasteiger partial charge in [0.25, 0.3) is 0 Å². The van der Waals surface area contributed by atoms with E-state index >= 15 is 0 Å². The third kappa shape index (κ3) is 1.18. The molecule has 1 aromatic rings. The van der Waals surface area contributed by atoms with Crippen molar-refractivity contribution in [2.45, 2.75) is 11.3 Å². The second kappa shape index (κ2) is 2.79. The summed E-state index contributed by atoms with van der Waals surface area (Å²) >= 11 is 1.73. The third-order valence-corrected chi connectivity index (χ3v) is 2.88. The SMILES string of the molecule is NC(=O)c1cnc2c(c1)SCC2.